The minimum Gasteiger partial charge on any atom is -0.493 e. The summed E-state index contributed by atoms with van der Waals surface area (Å²) in [6.07, 6.45) is 0. The molecule has 0 aliphatic carbocycles. The van der Waals surface area contributed by atoms with Crippen molar-refractivity contribution in [2.24, 2.45) is 0 Å². The number of nitro groups is 1. The van der Waals surface area contributed by atoms with Gasteiger partial charge in [0.15, 0.2) is 11.5 Å². The van der Waals surface area contributed by atoms with E-state index >= 15 is 0 Å². The number of benzene rings is 3. The highest BCUT2D eigenvalue weighted by Gasteiger charge is 2.07. The van der Waals surface area contributed by atoms with E-state index < -0.39 is 4.92 Å². The number of hydrogen-bond acceptors (Lipinski definition) is 5. The summed E-state index contributed by atoms with van der Waals surface area (Å²) in [5, 5.41) is 13.9. The highest BCUT2D eigenvalue weighted by molar-refractivity contribution is 5.50. The summed E-state index contributed by atoms with van der Waals surface area (Å²) in [6, 6.07) is 22.0. The van der Waals surface area contributed by atoms with Crippen molar-refractivity contribution in [3.05, 3.63) is 94.0 Å². The number of nitrogens with one attached hydrogen (secondary N) is 1. The molecule has 0 unspecified atom stereocenters. The lowest BCUT2D eigenvalue weighted by Crippen LogP contribution is -2.02. The molecule has 0 spiro atoms. The predicted molar refractivity (Wildman–Crippen MR) is 104 cm³/mol. The Morgan fingerprint density at radius 1 is 0.926 bits per heavy atom. The summed E-state index contributed by atoms with van der Waals surface area (Å²) in [5.74, 6) is 1.34. The van der Waals surface area contributed by atoms with E-state index in [9.17, 15) is 10.1 Å². The Bertz CT molecular complexity index is 896. The minimum atomic E-state index is -0.414. The van der Waals surface area contributed by atoms with Crippen LogP contribution in [0, 0.1) is 10.1 Å². The second-order valence-electron chi connectivity index (χ2n) is 5.92. The van der Waals surface area contributed by atoms with Gasteiger partial charge in [-0.25, -0.2) is 0 Å². The van der Waals surface area contributed by atoms with Crippen LogP contribution in [0.25, 0.3) is 0 Å². The second kappa shape index (κ2) is 8.71. The molecule has 3 rings (SSSR count). The van der Waals surface area contributed by atoms with Crippen molar-refractivity contribution in [1.29, 1.82) is 0 Å². The zero-order valence-corrected chi connectivity index (χ0v) is 14.9. The van der Waals surface area contributed by atoms with Crippen LogP contribution < -0.4 is 14.8 Å². The van der Waals surface area contributed by atoms with Crippen molar-refractivity contribution in [3.8, 4) is 11.5 Å². The van der Waals surface area contributed by atoms with E-state index in [1.165, 1.54) is 12.1 Å². The summed E-state index contributed by atoms with van der Waals surface area (Å²) in [6.45, 7) is 1.03. The second-order valence-corrected chi connectivity index (χ2v) is 5.92. The first kappa shape index (κ1) is 18.3. The van der Waals surface area contributed by atoms with Crippen LogP contribution >= 0.6 is 0 Å². The fourth-order valence-electron chi connectivity index (χ4n) is 2.58. The summed E-state index contributed by atoms with van der Waals surface area (Å²) in [5.41, 5.74) is 2.98. The van der Waals surface area contributed by atoms with Crippen molar-refractivity contribution in [1.82, 2.24) is 0 Å². The Labute approximate surface area is 157 Å². The van der Waals surface area contributed by atoms with E-state index in [2.05, 4.69) is 5.32 Å². The van der Waals surface area contributed by atoms with Crippen LogP contribution in [0.4, 0.5) is 11.4 Å². The average molecular weight is 364 g/mol. The van der Waals surface area contributed by atoms with Gasteiger partial charge in [-0.1, -0.05) is 36.4 Å². The van der Waals surface area contributed by atoms with Crippen LogP contribution in [0.2, 0.25) is 0 Å². The van der Waals surface area contributed by atoms with Gasteiger partial charge in [0.05, 0.1) is 12.0 Å². The zero-order chi connectivity index (χ0) is 19.1. The zero-order valence-electron chi connectivity index (χ0n) is 14.9. The maximum absolute atomic E-state index is 10.7. The number of rotatable bonds is 8. The summed E-state index contributed by atoms with van der Waals surface area (Å²) >= 11 is 0. The molecule has 0 atom stereocenters. The molecule has 27 heavy (non-hydrogen) atoms. The number of anilines is 1. The number of nitrogens with zero attached hydrogens (tertiary/aromatic N) is 1. The van der Waals surface area contributed by atoms with Gasteiger partial charge in [-0.3, -0.25) is 10.1 Å². The van der Waals surface area contributed by atoms with E-state index in [-0.39, 0.29) is 5.69 Å². The quantitative estimate of drug-likeness (QED) is 0.459. The van der Waals surface area contributed by atoms with Gasteiger partial charge in [0.2, 0.25) is 0 Å². The molecule has 0 amide bonds. The van der Waals surface area contributed by atoms with Crippen LogP contribution in [0.1, 0.15) is 11.1 Å². The lowest BCUT2D eigenvalue weighted by atomic mass is 10.2. The first-order chi connectivity index (χ1) is 13.2. The molecule has 0 saturated heterocycles. The maximum atomic E-state index is 10.7. The number of ether oxygens (including phenoxy) is 2. The third-order valence-electron chi connectivity index (χ3n) is 4.04. The van der Waals surface area contributed by atoms with Crippen molar-refractivity contribution in [2.75, 3.05) is 12.4 Å². The SMILES string of the molecule is COc1cc(CNc2ccc([N+](=O)[O-])cc2)ccc1OCc1ccccc1. The predicted octanol–water partition coefficient (Wildman–Crippen LogP) is 4.79. The Morgan fingerprint density at radius 3 is 2.33 bits per heavy atom. The molecule has 0 aliphatic rings. The van der Waals surface area contributed by atoms with Crippen LogP contribution in [0.15, 0.2) is 72.8 Å². The molecule has 6 nitrogen and oxygen atoms in total. The molecule has 0 saturated carbocycles. The first-order valence-electron chi connectivity index (χ1n) is 8.47. The van der Waals surface area contributed by atoms with Crippen molar-refractivity contribution in [2.45, 2.75) is 13.2 Å². The summed E-state index contributed by atoms with van der Waals surface area (Å²) in [4.78, 5) is 10.3. The monoisotopic (exact) mass is 364 g/mol. The van der Waals surface area contributed by atoms with Crippen LogP contribution in [0.3, 0.4) is 0 Å². The number of hydrogen-bond donors (Lipinski definition) is 1. The lowest BCUT2D eigenvalue weighted by molar-refractivity contribution is -0.384. The standard InChI is InChI=1S/C21H20N2O4/c1-26-21-13-17(14-22-18-8-10-19(11-9-18)23(24)25)7-12-20(21)27-15-16-5-3-2-4-6-16/h2-13,22H,14-15H2,1H3. The fraction of sp³-hybridized carbons (Fsp3) is 0.143. The summed E-state index contributed by atoms with van der Waals surface area (Å²) in [7, 11) is 1.61. The molecule has 0 aromatic heterocycles. The number of methoxy groups -OCH3 is 1. The minimum absolute atomic E-state index is 0.0714. The third-order valence-corrected chi connectivity index (χ3v) is 4.04. The summed E-state index contributed by atoms with van der Waals surface area (Å²) < 4.78 is 11.3. The van der Waals surface area contributed by atoms with Gasteiger partial charge >= 0.3 is 0 Å². The first-order valence-corrected chi connectivity index (χ1v) is 8.47. The van der Waals surface area contributed by atoms with Gasteiger partial charge in [-0.05, 0) is 35.4 Å². The molecule has 138 valence electrons. The van der Waals surface area contributed by atoms with Gasteiger partial charge in [0.25, 0.3) is 5.69 Å². The fourth-order valence-corrected chi connectivity index (χ4v) is 2.58. The van der Waals surface area contributed by atoms with E-state index in [0.29, 0.717) is 24.7 Å². The Kier molecular flexibility index (Phi) is 5.89. The van der Waals surface area contributed by atoms with Gasteiger partial charge in [-0.2, -0.15) is 0 Å². The van der Waals surface area contributed by atoms with E-state index in [1.807, 2.05) is 48.5 Å². The lowest BCUT2D eigenvalue weighted by Gasteiger charge is -2.13. The van der Waals surface area contributed by atoms with E-state index in [4.69, 9.17) is 9.47 Å². The molecule has 1 N–H and O–H groups in total. The van der Waals surface area contributed by atoms with Crippen molar-refractivity contribution < 1.29 is 14.4 Å². The molecule has 0 fully saturated rings. The van der Waals surface area contributed by atoms with Gasteiger partial charge in [0, 0.05) is 24.4 Å². The van der Waals surface area contributed by atoms with Crippen molar-refractivity contribution in [3.63, 3.8) is 0 Å². The normalized spacial score (nSPS) is 10.3. The topological polar surface area (TPSA) is 73.6 Å². The van der Waals surface area contributed by atoms with Crippen LogP contribution in [-0.2, 0) is 13.2 Å². The van der Waals surface area contributed by atoms with Gasteiger partial charge in [-0.15, -0.1) is 0 Å². The highest BCUT2D eigenvalue weighted by atomic mass is 16.6. The Hall–Kier alpha value is -3.54. The number of non-ortho nitro benzene ring substituents is 1. The molecule has 0 bridgehead atoms. The van der Waals surface area contributed by atoms with Crippen molar-refractivity contribution >= 4 is 11.4 Å². The van der Waals surface area contributed by atoms with E-state index in [1.54, 1.807) is 19.2 Å². The van der Waals surface area contributed by atoms with Crippen LogP contribution in [0.5, 0.6) is 11.5 Å². The molecule has 0 radical (unpaired) electrons. The smallest absolute Gasteiger partial charge is 0.269 e. The molecular weight excluding hydrogens is 344 g/mol. The molecule has 3 aromatic carbocycles. The highest BCUT2D eigenvalue weighted by Crippen LogP contribution is 2.29. The maximum Gasteiger partial charge on any atom is 0.269 e. The average Bonchev–Trinajstić information content (AvgIpc) is 2.72. The Morgan fingerprint density at radius 2 is 1.67 bits per heavy atom. The molecular formula is C21H20N2O4. The number of nitro benzene ring substituents is 1. The van der Waals surface area contributed by atoms with Gasteiger partial charge in [0.1, 0.15) is 6.61 Å². The van der Waals surface area contributed by atoms with E-state index in [0.717, 1.165) is 16.8 Å². The largest absolute Gasteiger partial charge is 0.493 e. The van der Waals surface area contributed by atoms with Gasteiger partial charge < -0.3 is 14.8 Å². The molecule has 6 heteroatoms. The Balaban J connectivity index is 1.62. The third kappa shape index (κ3) is 4.98. The molecule has 3 aromatic rings. The van der Waals surface area contributed by atoms with Crippen LogP contribution in [-0.4, -0.2) is 12.0 Å². The molecule has 0 aliphatic heterocycles. The molecule has 0 heterocycles.